The Morgan fingerprint density at radius 1 is 0.714 bits per heavy atom. The lowest BCUT2D eigenvalue weighted by Gasteiger charge is -2.24. The third-order valence-corrected chi connectivity index (χ3v) is 6.27. The van der Waals surface area contributed by atoms with Gasteiger partial charge in [0.15, 0.2) is 9.84 Å². The highest BCUT2D eigenvalue weighted by Gasteiger charge is 2.29. The fourth-order valence-corrected chi connectivity index (χ4v) is 4.17. The van der Waals surface area contributed by atoms with Crippen molar-refractivity contribution in [2.45, 2.75) is 83.3 Å². The molecular formula is C18H30O2S. The number of rotatable bonds is 5. The highest BCUT2D eigenvalue weighted by molar-refractivity contribution is 7.92. The summed E-state index contributed by atoms with van der Waals surface area (Å²) >= 11 is 0. The highest BCUT2D eigenvalue weighted by Crippen LogP contribution is 2.36. The Labute approximate surface area is 130 Å². The molecular weight excluding hydrogens is 280 g/mol. The number of sulfone groups is 1. The monoisotopic (exact) mass is 310 g/mol. The second-order valence-corrected chi connectivity index (χ2v) is 9.53. The molecule has 120 valence electrons. The van der Waals surface area contributed by atoms with Crippen molar-refractivity contribution in [3.63, 3.8) is 0 Å². The predicted molar refractivity (Wildman–Crippen MR) is 91.0 cm³/mol. The molecule has 2 nitrogen and oxygen atoms in total. The maximum Gasteiger partial charge on any atom is 0.181 e. The van der Waals surface area contributed by atoms with Crippen molar-refractivity contribution >= 4 is 9.84 Å². The van der Waals surface area contributed by atoms with E-state index in [0.29, 0.717) is 10.8 Å². The largest absolute Gasteiger partial charge is 0.223 e. The molecule has 0 radical (unpaired) electrons. The molecule has 0 amide bonds. The van der Waals surface area contributed by atoms with E-state index >= 15 is 0 Å². The van der Waals surface area contributed by atoms with E-state index in [0.717, 1.165) is 11.1 Å². The molecule has 0 aliphatic rings. The van der Waals surface area contributed by atoms with Gasteiger partial charge < -0.3 is 0 Å². The molecule has 0 N–H and O–H groups in total. The first-order chi connectivity index (χ1) is 9.50. The average Bonchev–Trinajstić information content (AvgIpc) is 2.36. The molecule has 0 saturated heterocycles. The minimum atomic E-state index is -3.27. The van der Waals surface area contributed by atoms with Crippen LogP contribution in [0.3, 0.4) is 0 Å². The van der Waals surface area contributed by atoms with E-state index in [1.807, 2.05) is 0 Å². The third kappa shape index (κ3) is 3.68. The molecule has 0 aliphatic heterocycles. The molecule has 3 heteroatoms. The quantitative estimate of drug-likeness (QED) is 0.745. The first kappa shape index (κ1) is 18.2. The first-order valence-corrected chi connectivity index (χ1v) is 9.46. The summed E-state index contributed by atoms with van der Waals surface area (Å²) in [5.41, 5.74) is 3.17. The summed E-state index contributed by atoms with van der Waals surface area (Å²) < 4.78 is 25.7. The van der Waals surface area contributed by atoms with E-state index in [4.69, 9.17) is 0 Å². The van der Waals surface area contributed by atoms with E-state index in [1.54, 1.807) is 13.8 Å². The molecule has 1 aromatic rings. The summed E-state index contributed by atoms with van der Waals surface area (Å²) in [6.45, 7) is 16.1. The molecule has 1 rings (SSSR count). The van der Waals surface area contributed by atoms with Crippen LogP contribution in [-0.4, -0.2) is 13.7 Å². The van der Waals surface area contributed by atoms with Gasteiger partial charge in [-0.05, 0) is 48.3 Å². The van der Waals surface area contributed by atoms with Crippen LogP contribution in [-0.2, 0) is 9.84 Å². The summed E-state index contributed by atoms with van der Waals surface area (Å²) in [4.78, 5) is 0.576. The van der Waals surface area contributed by atoms with Crippen LogP contribution in [0, 0.1) is 0 Å². The van der Waals surface area contributed by atoms with Crippen molar-refractivity contribution in [3.8, 4) is 0 Å². The average molecular weight is 311 g/mol. The van der Waals surface area contributed by atoms with Crippen molar-refractivity contribution in [2.75, 3.05) is 0 Å². The standard InChI is InChI=1S/C18H30O2S/c1-11(2)15-9-16(12(3)4)18(17(10-15)13(5)6)21(19,20)14(7)8/h9-14H,1-8H3. The van der Waals surface area contributed by atoms with Crippen LogP contribution in [0.5, 0.6) is 0 Å². The summed E-state index contributed by atoms with van der Waals surface area (Å²) in [6.07, 6.45) is 0. The lowest BCUT2D eigenvalue weighted by atomic mass is 9.89. The van der Waals surface area contributed by atoms with E-state index in [1.165, 1.54) is 5.56 Å². The number of benzene rings is 1. The van der Waals surface area contributed by atoms with Gasteiger partial charge in [0.05, 0.1) is 10.1 Å². The van der Waals surface area contributed by atoms with Crippen molar-refractivity contribution < 1.29 is 8.42 Å². The van der Waals surface area contributed by atoms with E-state index < -0.39 is 15.1 Å². The van der Waals surface area contributed by atoms with Crippen molar-refractivity contribution in [1.29, 1.82) is 0 Å². The van der Waals surface area contributed by atoms with Crippen molar-refractivity contribution in [3.05, 3.63) is 28.8 Å². The lowest BCUT2D eigenvalue weighted by Crippen LogP contribution is -2.19. The maximum absolute atomic E-state index is 12.9. The van der Waals surface area contributed by atoms with Crippen molar-refractivity contribution in [2.24, 2.45) is 0 Å². The predicted octanol–water partition coefficient (Wildman–Crippen LogP) is 5.24. The first-order valence-electron chi connectivity index (χ1n) is 7.91. The second-order valence-electron chi connectivity index (χ2n) is 7.09. The SMILES string of the molecule is CC(C)c1cc(C(C)C)c(S(=O)(=O)C(C)C)c(C(C)C)c1. The van der Waals surface area contributed by atoms with E-state index in [-0.39, 0.29) is 11.8 Å². The number of hydrogen-bond acceptors (Lipinski definition) is 2. The van der Waals surface area contributed by atoms with Crippen LogP contribution in [0.1, 0.15) is 89.8 Å². The van der Waals surface area contributed by atoms with Gasteiger partial charge in [-0.2, -0.15) is 0 Å². The van der Waals surface area contributed by atoms with Crippen molar-refractivity contribution in [1.82, 2.24) is 0 Å². The Bertz CT molecular complexity index is 565. The fourth-order valence-electron chi connectivity index (χ4n) is 2.45. The number of hydrogen-bond donors (Lipinski definition) is 0. The maximum atomic E-state index is 12.9. The van der Waals surface area contributed by atoms with Gasteiger partial charge in [-0.3, -0.25) is 0 Å². The van der Waals surface area contributed by atoms with Gasteiger partial charge in [0.25, 0.3) is 0 Å². The van der Waals surface area contributed by atoms with E-state index in [9.17, 15) is 8.42 Å². The van der Waals surface area contributed by atoms with Gasteiger partial charge in [-0.15, -0.1) is 0 Å². The Hall–Kier alpha value is -0.830. The zero-order chi connectivity index (χ0) is 16.5. The summed E-state index contributed by atoms with van der Waals surface area (Å²) in [5.74, 6) is 0.797. The molecule has 1 aromatic carbocycles. The van der Waals surface area contributed by atoms with Crippen LogP contribution in [0.15, 0.2) is 17.0 Å². The Kier molecular flexibility index (Phi) is 5.65. The molecule has 21 heavy (non-hydrogen) atoms. The highest BCUT2D eigenvalue weighted by atomic mass is 32.2. The zero-order valence-corrected chi connectivity index (χ0v) is 15.5. The third-order valence-electron chi connectivity index (χ3n) is 3.98. The van der Waals surface area contributed by atoms with Crippen LogP contribution in [0.4, 0.5) is 0 Å². The summed E-state index contributed by atoms with van der Waals surface area (Å²) in [7, 11) is -3.27. The minimum absolute atomic E-state index is 0.199. The van der Waals surface area contributed by atoms with Crippen LogP contribution in [0.2, 0.25) is 0 Å². The smallest absolute Gasteiger partial charge is 0.181 e. The molecule has 0 saturated carbocycles. The summed E-state index contributed by atoms with van der Waals surface area (Å²) in [5, 5.41) is -0.391. The molecule has 0 spiro atoms. The fraction of sp³-hybridized carbons (Fsp3) is 0.667. The summed E-state index contributed by atoms with van der Waals surface area (Å²) in [6, 6.07) is 4.19. The van der Waals surface area contributed by atoms with Gasteiger partial charge in [0.1, 0.15) is 0 Å². The van der Waals surface area contributed by atoms with Crippen LogP contribution >= 0.6 is 0 Å². The molecule has 0 atom stereocenters. The zero-order valence-electron chi connectivity index (χ0n) is 14.7. The molecule has 0 fully saturated rings. The molecule has 0 bridgehead atoms. The lowest BCUT2D eigenvalue weighted by molar-refractivity contribution is 0.582. The van der Waals surface area contributed by atoms with Gasteiger partial charge in [-0.1, -0.05) is 53.7 Å². The second kappa shape index (κ2) is 6.51. The molecule has 0 aliphatic carbocycles. The molecule has 0 unspecified atom stereocenters. The van der Waals surface area contributed by atoms with Gasteiger partial charge in [0, 0.05) is 0 Å². The molecule has 0 heterocycles. The Morgan fingerprint density at radius 2 is 1.10 bits per heavy atom. The van der Waals surface area contributed by atoms with Gasteiger partial charge >= 0.3 is 0 Å². The Morgan fingerprint density at radius 3 is 1.33 bits per heavy atom. The van der Waals surface area contributed by atoms with Gasteiger partial charge in [-0.25, -0.2) is 8.42 Å². The topological polar surface area (TPSA) is 34.1 Å². The van der Waals surface area contributed by atoms with Gasteiger partial charge in [0.2, 0.25) is 0 Å². The van der Waals surface area contributed by atoms with Crippen LogP contribution < -0.4 is 0 Å². The normalized spacial score (nSPS) is 13.0. The van der Waals surface area contributed by atoms with E-state index in [2.05, 4.69) is 53.7 Å². The minimum Gasteiger partial charge on any atom is -0.223 e. The Balaban J connectivity index is 3.83. The molecule has 0 aromatic heterocycles. The van der Waals surface area contributed by atoms with Crippen LogP contribution in [0.25, 0.3) is 0 Å².